The molecule has 5 aliphatic rings. The molecule has 13 heteroatoms. The lowest BCUT2D eigenvalue weighted by Crippen LogP contribution is -2.77. The van der Waals surface area contributed by atoms with Crippen LogP contribution in [0, 0.1) is 11.3 Å². The highest BCUT2D eigenvalue weighted by Gasteiger charge is 2.62. The molecule has 2 bridgehead atoms. The van der Waals surface area contributed by atoms with Crippen molar-refractivity contribution in [1.29, 1.82) is 5.26 Å². The molecule has 3 heterocycles. The van der Waals surface area contributed by atoms with Gasteiger partial charge in [0.1, 0.15) is 12.1 Å². The summed E-state index contributed by atoms with van der Waals surface area (Å²) >= 11 is 0. The van der Waals surface area contributed by atoms with E-state index < -0.39 is 71.1 Å². The Morgan fingerprint density at radius 3 is 2.10 bits per heavy atom. The number of carbonyl (C=O) groups is 6. The molecule has 42 heavy (non-hydrogen) atoms. The van der Waals surface area contributed by atoms with Gasteiger partial charge in [0.05, 0.1) is 38.4 Å². The van der Waals surface area contributed by atoms with E-state index in [2.05, 4.69) is 11.4 Å². The van der Waals surface area contributed by atoms with Crippen molar-refractivity contribution >= 4 is 34.8 Å². The maximum Gasteiger partial charge on any atom is 0.287 e. The van der Waals surface area contributed by atoms with Crippen molar-refractivity contribution in [2.75, 3.05) is 27.8 Å². The van der Waals surface area contributed by atoms with Gasteiger partial charge in [-0.1, -0.05) is 0 Å². The Morgan fingerprint density at radius 1 is 0.976 bits per heavy atom. The monoisotopic (exact) mass is 578 g/mol. The quantitative estimate of drug-likeness (QED) is 0.295. The number of aliphatic hydroxyl groups excluding tert-OH is 1. The third-order valence-electron chi connectivity index (χ3n) is 9.04. The first kappa shape index (κ1) is 29.2. The van der Waals surface area contributed by atoms with Gasteiger partial charge in [-0.25, -0.2) is 0 Å². The fraction of sp³-hybridized carbons (Fsp3) is 0.483. The van der Waals surface area contributed by atoms with E-state index in [1.807, 2.05) is 0 Å². The minimum atomic E-state index is -1.56. The van der Waals surface area contributed by atoms with Crippen molar-refractivity contribution in [2.24, 2.45) is 0 Å². The number of nitrogens with one attached hydrogen (secondary N) is 1. The van der Waals surface area contributed by atoms with E-state index >= 15 is 0 Å². The van der Waals surface area contributed by atoms with Gasteiger partial charge in [0.25, 0.3) is 5.91 Å². The number of ether oxygens (including phenoxy) is 2. The molecule has 6 unspecified atom stereocenters. The fourth-order valence-electron chi connectivity index (χ4n) is 7.21. The summed E-state index contributed by atoms with van der Waals surface area (Å²) in [6, 6.07) is -2.82. The van der Waals surface area contributed by atoms with E-state index in [0.29, 0.717) is 0 Å². The molecule has 0 spiro atoms. The minimum Gasteiger partial charge on any atom is -0.492 e. The summed E-state index contributed by atoms with van der Waals surface area (Å²) in [5.74, 6) is -4.30. The van der Waals surface area contributed by atoms with Gasteiger partial charge in [0, 0.05) is 52.9 Å². The Morgan fingerprint density at radius 2 is 1.55 bits per heavy atom. The van der Waals surface area contributed by atoms with Gasteiger partial charge in [-0.05, 0) is 27.3 Å². The number of carbonyl (C=O) groups excluding carboxylic acids is 6. The van der Waals surface area contributed by atoms with Crippen LogP contribution >= 0.6 is 0 Å². The Bertz CT molecular complexity index is 1560. The zero-order valence-electron chi connectivity index (χ0n) is 23.9. The van der Waals surface area contributed by atoms with Crippen LogP contribution in [0.5, 0.6) is 0 Å². The zero-order valence-corrected chi connectivity index (χ0v) is 23.9. The van der Waals surface area contributed by atoms with Gasteiger partial charge < -0.3 is 19.9 Å². The lowest BCUT2D eigenvalue weighted by molar-refractivity contribution is -0.137. The van der Waals surface area contributed by atoms with Gasteiger partial charge in [-0.3, -0.25) is 38.6 Å². The lowest BCUT2D eigenvalue weighted by atomic mass is 9.66. The van der Waals surface area contributed by atoms with Crippen LogP contribution in [0.15, 0.2) is 45.0 Å². The van der Waals surface area contributed by atoms with Crippen molar-refractivity contribution in [1.82, 2.24) is 15.1 Å². The Balaban J connectivity index is 1.74. The molecule has 6 atom stereocenters. The lowest BCUT2D eigenvalue weighted by Gasteiger charge is -2.61. The number of ketones is 5. The maximum absolute atomic E-state index is 13.8. The number of rotatable bonds is 5. The van der Waals surface area contributed by atoms with Crippen LogP contribution in [0.1, 0.15) is 27.2 Å². The summed E-state index contributed by atoms with van der Waals surface area (Å²) in [7, 11) is 4.14. The van der Waals surface area contributed by atoms with Crippen molar-refractivity contribution < 1.29 is 43.3 Å². The number of methoxy groups -OCH3 is 2. The molecule has 0 aromatic carbocycles. The van der Waals surface area contributed by atoms with Crippen LogP contribution < -0.4 is 5.32 Å². The number of nitriles is 1. The normalized spacial score (nSPS) is 31.5. The fourth-order valence-corrected chi connectivity index (χ4v) is 7.21. The van der Waals surface area contributed by atoms with Gasteiger partial charge in [-0.2, -0.15) is 5.26 Å². The molecular formula is C29H30N4O9. The molecule has 5 rings (SSSR count). The molecule has 0 aromatic rings. The second kappa shape index (κ2) is 10.2. The summed E-state index contributed by atoms with van der Waals surface area (Å²) in [6.07, 6.45) is -1.63. The standard InChI is InChI=1S/C29H30N4O9/c1-10-22(35)13-7-14-20-18-19(23(36)11(2)28(42-6)26(18)39)24(37)21(32(20)4)15(8-30)33(14)16(9-31-29(40)12(3)34)17(13)25(38)27(10)41-5/h14-16,20-21,24,37H,7,9H2,1-6H3,(H,31,40). The first-order chi connectivity index (χ1) is 19.8. The number of likely N-dealkylation sites (N-methyl/N-ethyl adjacent to an activating group) is 1. The molecule has 1 saturated heterocycles. The van der Waals surface area contributed by atoms with Gasteiger partial charge >= 0.3 is 0 Å². The van der Waals surface area contributed by atoms with Crippen LogP contribution in [-0.2, 0) is 38.2 Å². The molecule has 0 saturated carbocycles. The van der Waals surface area contributed by atoms with Gasteiger partial charge in [0.2, 0.25) is 17.3 Å². The zero-order chi connectivity index (χ0) is 30.9. The van der Waals surface area contributed by atoms with E-state index in [9.17, 15) is 39.1 Å². The van der Waals surface area contributed by atoms with Gasteiger partial charge in [0.15, 0.2) is 23.1 Å². The van der Waals surface area contributed by atoms with Crippen LogP contribution in [0.2, 0.25) is 0 Å². The third-order valence-corrected chi connectivity index (χ3v) is 9.04. The average molecular weight is 579 g/mol. The molecule has 3 aliphatic heterocycles. The third kappa shape index (κ3) is 3.79. The van der Waals surface area contributed by atoms with E-state index in [-0.39, 0.29) is 57.9 Å². The number of allylic oxidation sites excluding steroid dienone is 4. The summed E-state index contributed by atoms with van der Waals surface area (Å²) in [5.41, 5.74) is 0.141. The van der Waals surface area contributed by atoms with Crippen molar-refractivity contribution in [3.8, 4) is 6.07 Å². The van der Waals surface area contributed by atoms with E-state index in [1.165, 1.54) is 28.1 Å². The number of hydrogen-bond acceptors (Lipinski definition) is 12. The molecular weight excluding hydrogens is 548 g/mol. The number of fused-ring (bicyclic) bond motifs is 5. The largest absolute Gasteiger partial charge is 0.492 e. The second-order valence-electron chi connectivity index (χ2n) is 11.0. The van der Waals surface area contributed by atoms with Crippen molar-refractivity contribution in [2.45, 2.75) is 63.5 Å². The summed E-state index contributed by atoms with van der Waals surface area (Å²) in [4.78, 5) is 82.1. The number of piperazine rings is 1. The van der Waals surface area contributed by atoms with Crippen LogP contribution in [0.25, 0.3) is 0 Å². The second-order valence-corrected chi connectivity index (χ2v) is 11.0. The summed E-state index contributed by atoms with van der Waals surface area (Å²) in [5, 5.41) is 24.6. The number of Topliss-reactive ketones (excluding diaryl/α,β-unsaturated/α-hetero) is 5. The van der Waals surface area contributed by atoms with Crippen LogP contribution in [0.3, 0.4) is 0 Å². The van der Waals surface area contributed by atoms with E-state index in [1.54, 1.807) is 16.8 Å². The van der Waals surface area contributed by atoms with Crippen molar-refractivity contribution in [3.63, 3.8) is 0 Å². The highest BCUT2D eigenvalue weighted by Crippen LogP contribution is 2.49. The summed E-state index contributed by atoms with van der Waals surface area (Å²) in [6.45, 7) is 3.63. The Hall–Kier alpha value is -4.25. The molecule has 0 aromatic heterocycles. The topological polar surface area (TPSA) is 183 Å². The molecule has 1 amide bonds. The number of aliphatic hydroxyl groups is 1. The predicted molar refractivity (Wildman–Crippen MR) is 142 cm³/mol. The van der Waals surface area contributed by atoms with Crippen molar-refractivity contribution in [3.05, 3.63) is 45.0 Å². The smallest absolute Gasteiger partial charge is 0.287 e. The molecule has 2 N–H and O–H groups in total. The number of amides is 1. The number of hydrogen-bond donors (Lipinski definition) is 2. The summed E-state index contributed by atoms with van der Waals surface area (Å²) < 4.78 is 10.6. The Labute approximate surface area is 241 Å². The van der Waals surface area contributed by atoms with Crippen LogP contribution in [-0.4, -0.2) is 114 Å². The first-order valence-corrected chi connectivity index (χ1v) is 13.3. The highest BCUT2D eigenvalue weighted by atomic mass is 16.5. The minimum absolute atomic E-state index is 0.00455. The predicted octanol–water partition coefficient (Wildman–Crippen LogP) is -1.18. The van der Waals surface area contributed by atoms with E-state index in [4.69, 9.17) is 9.47 Å². The molecule has 1 fully saturated rings. The van der Waals surface area contributed by atoms with E-state index in [0.717, 1.165) is 6.92 Å². The molecule has 0 radical (unpaired) electrons. The average Bonchev–Trinajstić information content (AvgIpc) is 2.95. The SMILES string of the molecule is COC1=C(C)C(=O)C2=C(C1=O)C1C3CC4=C(C(=O)C(OC)=C(C)C4=O)C(CNC(=O)C(C)=O)N3C(C#N)C(C2O)N1C. The number of nitrogens with zero attached hydrogens (tertiary/aromatic N) is 3. The molecule has 13 nitrogen and oxygen atoms in total. The molecule has 2 aliphatic carbocycles. The van der Waals surface area contributed by atoms with Crippen LogP contribution in [0.4, 0.5) is 0 Å². The maximum atomic E-state index is 13.8. The Kier molecular flexibility index (Phi) is 7.13. The van der Waals surface area contributed by atoms with Gasteiger partial charge in [-0.15, -0.1) is 0 Å². The first-order valence-electron chi connectivity index (χ1n) is 13.3. The highest BCUT2D eigenvalue weighted by molar-refractivity contribution is 6.35. The molecule has 220 valence electrons.